The zero-order chi connectivity index (χ0) is 8.67. The molecule has 0 saturated heterocycles. The van der Waals surface area contributed by atoms with Crippen molar-refractivity contribution in [2.45, 2.75) is 0 Å². The first-order valence-corrected chi connectivity index (χ1v) is 4.54. The molecule has 0 fully saturated rings. The maximum atomic E-state index is 4.38. The van der Waals surface area contributed by atoms with E-state index >= 15 is 0 Å². The molecule has 62 valence electrons. The lowest BCUT2D eigenvalue weighted by Gasteiger charge is -1.92. The summed E-state index contributed by atoms with van der Waals surface area (Å²) < 4.78 is 4.02. The summed E-state index contributed by atoms with van der Waals surface area (Å²) in [6, 6.07) is 3.71. The van der Waals surface area contributed by atoms with Crippen molar-refractivity contribution in [2.24, 2.45) is 0 Å². The Morgan fingerprint density at radius 1 is 1.00 bits per heavy atom. The lowest BCUT2D eigenvalue weighted by atomic mass is 10.4. The molecule has 0 N–H and O–H groups in total. The first-order valence-electron chi connectivity index (χ1n) is 3.77. The maximum Gasteiger partial charge on any atom is 0.179 e. The van der Waals surface area contributed by atoms with Crippen molar-refractivity contribution in [2.75, 3.05) is 0 Å². The van der Waals surface area contributed by atoms with E-state index in [4.69, 9.17) is 0 Å². The minimum atomic E-state index is 0.691. The molecule has 13 heavy (non-hydrogen) atoms. The number of hydrogen-bond donors (Lipinski definition) is 0. The third-order valence-corrected chi connectivity index (χ3v) is 2.46. The second-order valence-corrected chi connectivity index (χ2v) is 3.36. The molecule has 0 spiro atoms. The topological polar surface area (TPSA) is 51.6 Å². The van der Waals surface area contributed by atoms with Crippen LogP contribution in [0.2, 0.25) is 0 Å². The summed E-state index contributed by atoms with van der Waals surface area (Å²) in [6.45, 7) is 0. The van der Waals surface area contributed by atoms with Crippen molar-refractivity contribution < 1.29 is 0 Å². The Balaban J connectivity index is 2.57. The molecule has 0 atom stereocenters. The van der Waals surface area contributed by atoms with Crippen LogP contribution >= 0.6 is 11.5 Å². The van der Waals surface area contributed by atoms with Gasteiger partial charge < -0.3 is 0 Å². The number of aromatic nitrogens is 4. The summed E-state index contributed by atoms with van der Waals surface area (Å²) in [5.41, 5.74) is 2.41. The van der Waals surface area contributed by atoms with Gasteiger partial charge in [-0.3, -0.25) is 0 Å². The molecule has 0 aromatic carbocycles. The standard InChI is InChI=1S/C8H4N4S/c1-3-9-7-5(1)11-6-2-4-10-13-8(6)12-7/h1-4H. The summed E-state index contributed by atoms with van der Waals surface area (Å²) in [5, 5.41) is 0. The van der Waals surface area contributed by atoms with Crippen LogP contribution in [0.15, 0.2) is 24.5 Å². The molecule has 0 amide bonds. The molecule has 0 aliphatic rings. The van der Waals surface area contributed by atoms with Gasteiger partial charge in [-0.15, -0.1) is 0 Å². The maximum absolute atomic E-state index is 4.38. The van der Waals surface area contributed by atoms with Gasteiger partial charge in [0.25, 0.3) is 0 Å². The lowest BCUT2D eigenvalue weighted by molar-refractivity contribution is 1.35. The SMILES string of the molecule is c1cc2nc3ccnc3nc2sn1. The normalized spacial score (nSPS) is 11.1. The summed E-state index contributed by atoms with van der Waals surface area (Å²) in [4.78, 5) is 13.6. The largest absolute Gasteiger partial charge is 0.242 e. The molecule has 3 aromatic heterocycles. The van der Waals surface area contributed by atoms with E-state index in [2.05, 4.69) is 19.3 Å². The average Bonchev–Trinajstić information content (AvgIpc) is 2.61. The Kier molecular flexibility index (Phi) is 1.28. The van der Waals surface area contributed by atoms with Crippen molar-refractivity contribution >= 4 is 33.0 Å². The van der Waals surface area contributed by atoms with Gasteiger partial charge in [-0.25, -0.2) is 15.0 Å². The minimum absolute atomic E-state index is 0.691. The highest BCUT2D eigenvalue weighted by Crippen LogP contribution is 2.15. The summed E-state index contributed by atoms with van der Waals surface area (Å²) in [6.07, 6.45) is 3.44. The smallest absolute Gasteiger partial charge is 0.179 e. The van der Waals surface area contributed by atoms with Gasteiger partial charge in [-0.05, 0) is 23.7 Å². The van der Waals surface area contributed by atoms with E-state index < -0.39 is 0 Å². The monoisotopic (exact) mass is 188 g/mol. The van der Waals surface area contributed by atoms with Crippen molar-refractivity contribution in [1.29, 1.82) is 0 Å². The predicted molar refractivity (Wildman–Crippen MR) is 50.5 cm³/mol. The van der Waals surface area contributed by atoms with Crippen molar-refractivity contribution in [3.05, 3.63) is 24.5 Å². The molecule has 0 unspecified atom stereocenters. The van der Waals surface area contributed by atoms with Gasteiger partial charge in [0.15, 0.2) is 10.5 Å². The molecule has 0 aliphatic heterocycles. The Bertz CT molecular complexity index is 525. The van der Waals surface area contributed by atoms with Crippen LogP contribution < -0.4 is 0 Å². The van der Waals surface area contributed by atoms with E-state index in [0.29, 0.717) is 5.65 Å². The van der Waals surface area contributed by atoms with Crippen molar-refractivity contribution in [1.82, 2.24) is 19.3 Å². The van der Waals surface area contributed by atoms with Crippen LogP contribution in [0.3, 0.4) is 0 Å². The summed E-state index contributed by atoms with van der Waals surface area (Å²) >= 11 is 1.33. The number of hydrogen-bond acceptors (Lipinski definition) is 5. The second-order valence-electron chi connectivity index (χ2n) is 2.58. The fourth-order valence-electron chi connectivity index (χ4n) is 1.18. The van der Waals surface area contributed by atoms with Gasteiger partial charge in [0.1, 0.15) is 11.0 Å². The van der Waals surface area contributed by atoms with Gasteiger partial charge in [0.2, 0.25) is 0 Å². The van der Waals surface area contributed by atoms with Gasteiger partial charge in [-0.2, -0.15) is 4.37 Å². The van der Waals surface area contributed by atoms with Gasteiger partial charge in [-0.1, -0.05) is 0 Å². The molecule has 0 aliphatic carbocycles. The lowest BCUT2D eigenvalue weighted by Crippen LogP contribution is -1.83. The van der Waals surface area contributed by atoms with Gasteiger partial charge >= 0.3 is 0 Å². The van der Waals surface area contributed by atoms with Gasteiger partial charge in [0.05, 0.1) is 0 Å². The molecule has 3 heterocycles. The zero-order valence-electron chi connectivity index (χ0n) is 6.51. The van der Waals surface area contributed by atoms with Crippen LogP contribution in [0, 0.1) is 0 Å². The number of rotatable bonds is 0. The van der Waals surface area contributed by atoms with Crippen LogP contribution in [0.25, 0.3) is 21.5 Å². The Morgan fingerprint density at radius 2 is 1.92 bits per heavy atom. The third-order valence-electron chi connectivity index (χ3n) is 1.76. The molecule has 0 radical (unpaired) electrons. The fraction of sp³-hybridized carbons (Fsp3) is 0. The van der Waals surface area contributed by atoms with Crippen molar-refractivity contribution in [3.8, 4) is 0 Å². The minimum Gasteiger partial charge on any atom is -0.242 e. The zero-order valence-corrected chi connectivity index (χ0v) is 7.32. The summed E-state index contributed by atoms with van der Waals surface area (Å²) in [7, 11) is 0. The first-order chi connectivity index (χ1) is 6.43. The highest BCUT2D eigenvalue weighted by Gasteiger charge is 2.01. The molecule has 3 aromatic rings. The molecule has 4 nitrogen and oxygen atoms in total. The van der Waals surface area contributed by atoms with E-state index in [0.717, 1.165) is 15.9 Å². The predicted octanol–water partition coefficient (Wildman–Crippen LogP) is 1.63. The molecule has 0 saturated carbocycles. The highest BCUT2D eigenvalue weighted by atomic mass is 32.1. The molecular formula is C8H4N4S. The Morgan fingerprint density at radius 3 is 2.92 bits per heavy atom. The summed E-state index contributed by atoms with van der Waals surface area (Å²) in [5.74, 6) is 0. The third kappa shape index (κ3) is 0.972. The van der Waals surface area contributed by atoms with E-state index in [1.54, 1.807) is 12.4 Å². The number of nitrogens with zero attached hydrogens (tertiary/aromatic N) is 4. The fourth-order valence-corrected chi connectivity index (χ4v) is 1.74. The van der Waals surface area contributed by atoms with Crippen LogP contribution in [0.1, 0.15) is 0 Å². The Labute approximate surface area is 77.5 Å². The average molecular weight is 188 g/mol. The van der Waals surface area contributed by atoms with Crippen molar-refractivity contribution in [3.63, 3.8) is 0 Å². The van der Waals surface area contributed by atoms with Gasteiger partial charge in [0, 0.05) is 12.4 Å². The van der Waals surface area contributed by atoms with Crippen LogP contribution in [0.5, 0.6) is 0 Å². The van der Waals surface area contributed by atoms with E-state index in [1.807, 2.05) is 12.1 Å². The molecule has 0 bridgehead atoms. The van der Waals surface area contributed by atoms with Crippen LogP contribution in [-0.4, -0.2) is 19.3 Å². The highest BCUT2D eigenvalue weighted by molar-refractivity contribution is 7.12. The van der Waals surface area contributed by atoms with E-state index in [1.165, 1.54) is 11.5 Å². The quantitative estimate of drug-likeness (QED) is 0.538. The van der Waals surface area contributed by atoms with Crippen LogP contribution in [0.4, 0.5) is 0 Å². The van der Waals surface area contributed by atoms with E-state index in [9.17, 15) is 0 Å². The first kappa shape index (κ1) is 6.85. The van der Waals surface area contributed by atoms with E-state index in [-0.39, 0.29) is 0 Å². The molecular weight excluding hydrogens is 184 g/mol. The Hall–Kier alpha value is -1.62. The molecule has 3 rings (SSSR count). The second kappa shape index (κ2) is 2.43. The van der Waals surface area contributed by atoms with Crippen LogP contribution in [-0.2, 0) is 0 Å². The molecule has 5 heteroatoms. The number of fused-ring (bicyclic) bond motifs is 2.